The van der Waals surface area contributed by atoms with Crippen molar-refractivity contribution in [1.29, 1.82) is 0 Å². The van der Waals surface area contributed by atoms with E-state index >= 15 is 0 Å². The number of carbonyl (C=O) groups is 1. The topological polar surface area (TPSA) is 64.5 Å². The molecule has 6 nitrogen and oxygen atoms in total. The zero-order valence-corrected chi connectivity index (χ0v) is 14.7. The largest absolute Gasteiger partial charge is 0.381 e. The van der Waals surface area contributed by atoms with E-state index in [1.165, 1.54) is 0 Å². The van der Waals surface area contributed by atoms with Crippen LogP contribution in [0.1, 0.15) is 37.8 Å². The Morgan fingerprint density at radius 3 is 2.76 bits per heavy atom. The van der Waals surface area contributed by atoms with Gasteiger partial charge in [-0.3, -0.25) is 14.8 Å². The molecule has 4 rings (SSSR count). The molecule has 0 saturated carbocycles. The first-order valence-corrected chi connectivity index (χ1v) is 9.49. The van der Waals surface area contributed by atoms with Gasteiger partial charge in [-0.1, -0.05) is 0 Å². The smallest absolute Gasteiger partial charge is 0.225 e. The molecule has 0 radical (unpaired) electrons. The minimum Gasteiger partial charge on any atom is -0.381 e. The lowest BCUT2D eigenvalue weighted by atomic mass is 9.83. The number of likely N-dealkylation sites (tertiary alicyclic amines) is 1. The van der Waals surface area contributed by atoms with Crippen LogP contribution in [0, 0.1) is 11.8 Å². The molecule has 0 aromatic carbocycles. The van der Waals surface area contributed by atoms with E-state index < -0.39 is 0 Å². The average molecular weight is 345 g/mol. The highest BCUT2D eigenvalue weighted by molar-refractivity contribution is 5.79. The number of aromatic nitrogens is 2. The highest BCUT2D eigenvalue weighted by Crippen LogP contribution is 2.40. The molecule has 136 valence electrons. The van der Waals surface area contributed by atoms with Gasteiger partial charge >= 0.3 is 0 Å². The predicted octanol–water partition coefficient (Wildman–Crippen LogP) is 1.84. The summed E-state index contributed by atoms with van der Waals surface area (Å²) in [7, 11) is 0. The van der Waals surface area contributed by atoms with Gasteiger partial charge in [-0.05, 0) is 44.4 Å². The SMILES string of the molecule is O=C(C1CCOCC1)N1CCC2(CC1)CC(Cc1cnccn1)CO2. The third kappa shape index (κ3) is 3.85. The summed E-state index contributed by atoms with van der Waals surface area (Å²) in [5, 5.41) is 0. The van der Waals surface area contributed by atoms with Crippen LogP contribution in [-0.4, -0.2) is 59.3 Å². The van der Waals surface area contributed by atoms with Gasteiger partial charge in [0.15, 0.2) is 0 Å². The molecular weight excluding hydrogens is 318 g/mol. The number of ether oxygens (including phenoxy) is 2. The van der Waals surface area contributed by atoms with Crippen LogP contribution in [0.2, 0.25) is 0 Å². The monoisotopic (exact) mass is 345 g/mol. The first kappa shape index (κ1) is 16.9. The number of hydrogen-bond acceptors (Lipinski definition) is 5. The number of hydrogen-bond donors (Lipinski definition) is 0. The second-order valence-corrected chi connectivity index (χ2v) is 7.68. The van der Waals surface area contributed by atoms with Crippen molar-refractivity contribution < 1.29 is 14.3 Å². The fraction of sp³-hybridized carbons (Fsp3) is 0.737. The van der Waals surface area contributed by atoms with Crippen molar-refractivity contribution in [2.24, 2.45) is 11.8 Å². The highest BCUT2D eigenvalue weighted by Gasteiger charge is 2.44. The van der Waals surface area contributed by atoms with E-state index in [0.29, 0.717) is 11.8 Å². The number of nitrogens with zero attached hydrogens (tertiary/aromatic N) is 3. The Labute approximate surface area is 148 Å². The van der Waals surface area contributed by atoms with Gasteiger partial charge < -0.3 is 14.4 Å². The maximum Gasteiger partial charge on any atom is 0.225 e. The molecule has 1 aromatic heterocycles. The maximum atomic E-state index is 12.7. The lowest BCUT2D eigenvalue weighted by Crippen LogP contribution is -2.48. The summed E-state index contributed by atoms with van der Waals surface area (Å²) < 4.78 is 11.6. The van der Waals surface area contributed by atoms with Crippen LogP contribution in [-0.2, 0) is 20.7 Å². The summed E-state index contributed by atoms with van der Waals surface area (Å²) in [5.74, 6) is 0.999. The zero-order valence-electron chi connectivity index (χ0n) is 14.7. The minimum absolute atomic E-state index is 0.0284. The Bertz CT molecular complexity index is 581. The Balaban J connectivity index is 1.29. The molecule has 4 heterocycles. The highest BCUT2D eigenvalue weighted by atomic mass is 16.5. The Morgan fingerprint density at radius 1 is 1.24 bits per heavy atom. The molecule has 25 heavy (non-hydrogen) atoms. The fourth-order valence-electron chi connectivity index (χ4n) is 4.49. The van der Waals surface area contributed by atoms with E-state index in [1.54, 1.807) is 12.4 Å². The third-order valence-electron chi connectivity index (χ3n) is 5.96. The van der Waals surface area contributed by atoms with E-state index in [2.05, 4.69) is 14.9 Å². The molecule has 1 spiro atoms. The van der Waals surface area contributed by atoms with Gasteiger partial charge in [-0.25, -0.2) is 0 Å². The molecule has 3 aliphatic rings. The van der Waals surface area contributed by atoms with Crippen molar-refractivity contribution in [3.63, 3.8) is 0 Å². The number of carbonyl (C=O) groups excluding carboxylic acids is 1. The molecule has 0 aliphatic carbocycles. The van der Waals surface area contributed by atoms with Gasteiger partial charge in [0.25, 0.3) is 0 Å². The normalized spacial score (nSPS) is 26.9. The summed E-state index contributed by atoms with van der Waals surface area (Å²) in [4.78, 5) is 23.3. The van der Waals surface area contributed by atoms with Crippen molar-refractivity contribution in [3.05, 3.63) is 24.3 Å². The van der Waals surface area contributed by atoms with Crippen LogP contribution in [0.5, 0.6) is 0 Å². The Hall–Kier alpha value is -1.53. The predicted molar refractivity (Wildman–Crippen MR) is 91.9 cm³/mol. The number of amides is 1. The Kier molecular flexibility index (Phi) is 4.99. The second kappa shape index (κ2) is 7.38. The number of rotatable bonds is 3. The van der Waals surface area contributed by atoms with Gasteiger partial charge in [0, 0.05) is 50.8 Å². The van der Waals surface area contributed by atoms with Crippen molar-refractivity contribution in [3.8, 4) is 0 Å². The van der Waals surface area contributed by atoms with Crippen LogP contribution in [0.15, 0.2) is 18.6 Å². The van der Waals surface area contributed by atoms with Crippen LogP contribution < -0.4 is 0 Å². The first-order chi connectivity index (χ1) is 12.2. The van der Waals surface area contributed by atoms with Crippen LogP contribution in [0.25, 0.3) is 0 Å². The van der Waals surface area contributed by atoms with Gasteiger partial charge in [0.2, 0.25) is 5.91 Å². The minimum atomic E-state index is -0.0284. The van der Waals surface area contributed by atoms with E-state index in [9.17, 15) is 4.79 Å². The van der Waals surface area contributed by atoms with Crippen molar-refractivity contribution in [2.45, 2.75) is 44.1 Å². The van der Waals surface area contributed by atoms with E-state index in [0.717, 1.165) is 77.1 Å². The van der Waals surface area contributed by atoms with Crippen molar-refractivity contribution >= 4 is 5.91 Å². The van der Waals surface area contributed by atoms with Crippen LogP contribution >= 0.6 is 0 Å². The Morgan fingerprint density at radius 2 is 2.04 bits per heavy atom. The molecule has 0 bridgehead atoms. The fourth-order valence-corrected chi connectivity index (χ4v) is 4.49. The summed E-state index contributed by atoms with van der Waals surface area (Å²) >= 11 is 0. The quantitative estimate of drug-likeness (QED) is 0.836. The summed E-state index contributed by atoms with van der Waals surface area (Å²) in [6.07, 6.45) is 11.0. The lowest BCUT2D eigenvalue weighted by molar-refractivity contribution is -0.143. The summed E-state index contributed by atoms with van der Waals surface area (Å²) in [6.45, 7) is 3.90. The van der Waals surface area contributed by atoms with Crippen LogP contribution in [0.4, 0.5) is 0 Å². The molecule has 1 unspecified atom stereocenters. The van der Waals surface area contributed by atoms with E-state index in [1.807, 2.05) is 6.20 Å². The summed E-state index contributed by atoms with van der Waals surface area (Å²) in [6, 6.07) is 0. The summed E-state index contributed by atoms with van der Waals surface area (Å²) in [5.41, 5.74) is 1.01. The molecule has 3 saturated heterocycles. The van der Waals surface area contributed by atoms with Gasteiger partial charge in [0.1, 0.15) is 0 Å². The average Bonchev–Trinajstić information content (AvgIpc) is 3.05. The van der Waals surface area contributed by atoms with Crippen molar-refractivity contribution in [1.82, 2.24) is 14.9 Å². The molecule has 3 aliphatic heterocycles. The van der Waals surface area contributed by atoms with Crippen molar-refractivity contribution in [2.75, 3.05) is 32.9 Å². The molecule has 1 amide bonds. The van der Waals surface area contributed by atoms with Crippen LogP contribution in [0.3, 0.4) is 0 Å². The molecule has 3 fully saturated rings. The molecule has 0 N–H and O–H groups in total. The van der Waals surface area contributed by atoms with Gasteiger partial charge in [-0.15, -0.1) is 0 Å². The van der Waals surface area contributed by atoms with E-state index in [4.69, 9.17) is 9.47 Å². The zero-order chi connectivity index (χ0) is 17.1. The third-order valence-corrected chi connectivity index (χ3v) is 5.96. The molecule has 1 aromatic rings. The molecular formula is C19H27N3O3. The van der Waals surface area contributed by atoms with E-state index in [-0.39, 0.29) is 11.5 Å². The first-order valence-electron chi connectivity index (χ1n) is 9.49. The van der Waals surface area contributed by atoms with Gasteiger partial charge in [-0.2, -0.15) is 0 Å². The standard InChI is InChI=1S/C19H27N3O3/c23-18(16-1-9-24-10-2-16)22-7-3-19(4-8-22)12-15(14-25-19)11-17-13-20-5-6-21-17/h5-6,13,15-16H,1-4,7-12,14H2. The molecule has 6 heteroatoms. The molecule has 1 atom stereocenters. The van der Waals surface area contributed by atoms with Gasteiger partial charge in [0.05, 0.1) is 17.9 Å². The number of piperidine rings is 1. The maximum absolute atomic E-state index is 12.7. The second-order valence-electron chi connectivity index (χ2n) is 7.68. The lowest BCUT2D eigenvalue weighted by Gasteiger charge is -2.40.